The Morgan fingerprint density at radius 2 is 1.74 bits per heavy atom. The van der Waals surface area contributed by atoms with Crippen molar-refractivity contribution in [3.05, 3.63) is 35.9 Å². The van der Waals surface area contributed by atoms with Gasteiger partial charge in [0.2, 0.25) is 11.8 Å². The van der Waals surface area contributed by atoms with Gasteiger partial charge in [-0.05, 0) is 24.8 Å². The van der Waals surface area contributed by atoms with Gasteiger partial charge in [-0.1, -0.05) is 37.3 Å². The molecule has 0 aromatic heterocycles. The summed E-state index contributed by atoms with van der Waals surface area (Å²) in [6.45, 7) is 4.61. The Bertz CT molecular complexity index is 518. The lowest BCUT2D eigenvalue weighted by atomic mass is 10.1. The Morgan fingerprint density at radius 1 is 1.09 bits per heavy atom. The second kappa shape index (κ2) is 8.67. The molecule has 1 aliphatic rings. The molecule has 1 saturated heterocycles. The first-order valence-corrected chi connectivity index (χ1v) is 8.48. The lowest BCUT2D eigenvalue weighted by Crippen LogP contribution is -2.46. The van der Waals surface area contributed by atoms with E-state index in [1.54, 1.807) is 0 Å². The zero-order chi connectivity index (χ0) is 16.7. The fourth-order valence-electron chi connectivity index (χ4n) is 2.95. The van der Waals surface area contributed by atoms with Crippen LogP contribution in [-0.4, -0.2) is 53.8 Å². The zero-order valence-corrected chi connectivity index (χ0v) is 13.9. The van der Waals surface area contributed by atoms with E-state index in [-0.39, 0.29) is 11.8 Å². The maximum absolute atomic E-state index is 12.6. The fraction of sp³-hybridized carbons (Fsp3) is 0.556. The highest BCUT2D eigenvalue weighted by Crippen LogP contribution is 2.09. The summed E-state index contributed by atoms with van der Waals surface area (Å²) in [5, 5.41) is 0. The van der Waals surface area contributed by atoms with Gasteiger partial charge in [-0.15, -0.1) is 0 Å². The van der Waals surface area contributed by atoms with Crippen LogP contribution in [0.3, 0.4) is 0 Å². The van der Waals surface area contributed by atoms with Crippen LogP contribution in [0.15, 0.2) is 30.3 Å². The first kappa shape index (κ1) is 17.5. The number of carbonyl (C=O) groups excluding carboxylic acids is 2. The minimum atomic E-state index is -0.518. The molecule has 0 saturated carbocycles. The van der Waals surface area contributed by atoms with Crippen LogP contribution in [0.2, 0.25) is 0 Å². The summed E-state index contributed by atoms with van der Waals surface area (Å²) in [7, 11) is 0. The Hall–Kier alpha value is -1.88. The molecule has 5 nitrogen and oxygen atoms in total. The first-order valence-electron chi connectivity index (χ1n) is 8.48. The molecule has 1 heterocycles. The molecule has 1 aromatic carbocycles. The van der Waals surface area contributed by atoms with E-state index in [1.807, 2.05) is 47.1 Å². The van der Waals surface area contributed by atoms with Gasteiger partial charge in [-0.2, -0.15) is 0 Å². The number of hydrogen-bond donors (Lipinski definition) is 1. The summed E-state index contributed by atoms with van der Waals surface area (Å²) >= 11 is 0. The quantitative estimate of drug-likeness (QED) is 0.893. The second-order valence-corrected chi connectivity index (χ2v) is 6.11. The van der Waals surface area contributed by atoms with Crippen molar-refractivity contribution in [3.8, 4) is 0 Å². The van der Waals surface area contributed by atoms with Crippen LogP contribution >= 0.6 is 0 Å². The molecule has 0 spiro atoms. The molecule has 0 bridgehead atoms. The molecule has 2 N–H and O–H groups in total. The topological polar surface area (TPSA) is 66.6 Å². The predicted molar refractivity (Wildman–Crippen MR) is 90.8 cm³/mol. The van der Waals surface area contributed by atoms with E-state index in [9.17, 15) is 9.59 Å². The molecule has 5 heteroatoms. The lowest BCUT2D eigenvalue weighted by Gasteiger charge is -2.24. The third-order valence-corrected chi connectivity index (χ3v) is 4.24. The van der Waals surface area contributed by atoms with Crippen LogP contribution in [0.25, 0.3) is 0 Å². The van der Waals surface area contributed by atoms with Gasteiger partial charge in [0.25, 0.3) is 0 Å². The third kappa shape index (κ3) is 5.06. The Kier molecular flexibility index (Phi) is 6.59. The van der Waals surface area contributed by atoms with Crippen LogP contribution in [0.4, 0.5) is 0 Å². The highest BCUT2D eigenvalue weighted by Gasteiger charge is 2.25. The SMILES string of the molecule is CCCC(=O)N1CCCN(C(=O)[C@@H](N)Cc2ccccc2)CC1. The molecule has 1 aromatic rings. The Balaban J connectivity index is 1.88. The molecule has 0 aliphatic carbocycles. The van der Waals surface area contributed by atoms with Crippen LogP contribution in [0, 0.1) is 0 Å². The van der Waals surface area contributed by atoms with Crippen LogP contribution < -0.4 is 5.73 Å². The normalized spacial score (nSPS) is 16.8. The van der Waals surface area contributed by atoms with Crippen LogP contribution in [0.5, 0.6) is 0 Å². The smallest absolute Gasteiger partial charge is 0.239 e. The van der Waals surface area contributed by atoms with Crippen LogP contribution in [-0.2, 0) is 16.0 Å². The summed E-state index contributed by atoms with van der Waals surface area (Å²) in [6.07, 6.45) is 2.81. The van der Waals surface area contributed by atoms with Crippen molar-refractivity contribution in [2.24, 2.45) is 5.73 Å². The molecular weight excluding hydrogens is 290 g/mol. The van der Waals surface area contributed by atoms with Crippen molar-refractivity contribution in [2.75, 3.05) is 26.2 Å². The van der Waals surface area contributed by atoms with Gasteiger partial charge in [0.1, 0.15) is 0 Å². The molecule has 0 unspecified atom stereocenters. The molecule has 126 valence electrons. The number of hydrogen-bond acceptors (Lipinski definition) is 3. The average Bonchev–Trinajstić information content (AvgIpc) is 2.81. The summed E-state index contributed by atoms with van der Waals surface area (Å²) in [5.41, 5.74) is 7.17. The maximum Gasteiger partial charge on any atom is 0.239 e. The minimum absolute atomic E-state index is 0.0151. The molecule has 1 aliphatic heterocycles. The summed E-state index contributed by atoms with van der Waals surface area (Å²) in [4.78, 5) is 28.2. The Labute approximate surface area is 138 Å². The van der Waals surface area contributed by atoms with Gasteiger partial charge in [-0.25, -0.2) is 0 Å². The number of benzene rings is 1. The van der Waals surface area contributed by atoms with E-state index < -0.39 is 6.04 Å². The number of nitrogens with two attached hydrogens (primary N) is 1. The standard InChI is InChI=1S/C18H27N3O2/c1-2-7-17(22)20-10-6-11-21(13-12-20)18(23)16(19)14-15-8-4-3-5-9-15/h3-5,8-9,16H,2,6-7,10-14,19H2,1H3/t16-/m0/s1. The highest BCUT2D eigenvalue weighted by atomic mass is 16.2. The predicted octanol–water partition coefficient (Wildman–Crippen LogP) is 1.42. The highest BCUT2D eigenvalue weighted by molar-refractivity contribution is 5.82. The molecule has 23 heavy (non-hydrogen) atoms. The van der Waals surface area contributed by atoms with E-state index >= 15 is 0 Å². The average molecular weight is 317 g/mol. The third-order valence-electron chi connectivity index (χ3n) is 4.24. The second-order valence-electron chi connectivity index (χ2n) is 6.11. The van der Waals surface area contributed by atoms with E-state index in [1.165, 1.54) is 0 Å². The zero-order valence-electron chi connectivity index (χ0n) is 13.9. The molecular formula is C18H27N3O2. The molecule has 1 atom stereocenters. The van der Waals surface area contributed by atoms with Crippen molar-refractivity contribution in [1.82, 2.24) is 9.80 Å². The summed E-state index contributed by atoms with van der Waals surface area (Å²) in [6, 6.07) is 9.32. The van der Waals surface area contributed by atoms with Gasteiger partial charge in [0.05, 0.1) is 6.04 Å². The monoisotopic (exact) mass is 317 g/mol. The first-order chi connectivity index (χ1) is 11.1. The van der Waals surface area contributed by atoms with Crippen LogP contribution in [0.1, 0.15) is 31.7 Å². The number of nitrogens with zero attached hydrogens (tertiary/aromatic N) is 2. The molecule has 2 rings (SSSR count). The molecule has 2 amide bonds. The van der Waals surface area contributed by atoms with E-state index in [2.05, 4.69) is 0 Å². The van der Waals surface area contributed by atoms with Gasteiger partial charge >= 0.3 is 0 Å². The number of rotatable bonds is 5. The molecule has 0 radical (unpaired) electrons. The fourth-order valence-corrected chi connectivity index (χ4v) is 2.95. The summed E-state index contributed by atoms with van der Waals surface area (Å²) < 4.78 is 0. The van der Waals surface area contributed by atoms with E-state index in [0.29, 0.717) is 32.5 Å². The van der Waals surface area contributed by atoms with Gasteiger partial charge < -0.3 is 15.5 Å². The maximum atomic E-state index is 12.6. The van der Waals surface area contributed by atoms with Gasteiger partial charge in [0.15, 0.2) is 0 Å². The lowest BCUT2D eigenvalue weighted by molar-refractivity contribution is -0.134. The largest absolute Gasteiger partial charge is 0.341 e. The van der Waals surface area contributed by atoms with Crippen molar-refractivity contribution < 1.29 is 9.59 Å². The van der Waals surface area contributed by atoms with Crippen molar-refractivity contribution in [2.45, 2.75) is 38.6 Å². The number of amides is 2. The van der Waals surface area contributed by atoms with Crippen molar-refractivity contribution >= 4 is 11.8 Å². The Morgan fingerprint density at radius 3 is 2.43 bits per heavy atom. The van der Waals surface area contributed by atoms with Crippen molar-refractivity contribution in [3.63, 3.8) is 0 Å². The van der Waals surface area contributed by atoms with Gasteiger partial charge in [0, 0.05) is 32.6 Å². The molecule has 1 fully saturated rings. The van der Waals surface area contributed by atoms with E-state index in [4.69, 9.17) is 5.73 Å². The minimum Gasteiger partial charge on any atom is -0.341 e. The summed E-state index contributed by atoms with van der Waals surface area (Å²) in [5.74, 6) is 0.175. The van der Waals surface area contributed by atoms with Gasteiger partial charge in [-0.3, -0.25) is 9.59 Å². The van der Waals surface area contributed by atoms with Crippen molar-refractivity contribution in [1.29, 1.82) is 0 Å². The number of carbonyl (C=O) groups is 2. The van der Waals surface area contributed by atoms with E-state index in [0.717, 1.165) is 24.9 Å².